The number of benzene rings is 1. The first-order valence-electron chi connectivity index (χ1n) is 6.34. The zero-order valence-corrected chi connectivity index (χ0v) is 13.7. The van der Waals surface area contributed by atoms with Crippen molar-refractivity contribution in [2.24, 2.45) is 0 Å². The minimum atomic E-state index is -4.49. The molecule has 0 saturated carbocycles. The number of carbonyl (C=O) groups is 1. The van der Waals surface area contributed by atoms with Gasteiger partial charge < -0.3 is 10.6 Å². The molecule has 0 radical (unpaired) electrons. The van der Waals surface area contributed by atoms with Gasteiger partial charge in [-0.05, 0) is 24.6 Å². The van der Waals surface area contributed by atoms with Crippen LogP contribution in [-0.4, -0.2) is 15.9 Å². The van der Waals surface area contributed by atoms with Crippen molar-refractivity contribution in [3.8, 4) is 0 Å². The summed E-state index contributed by atoms with van der Waals surface area (Å²) in [5, 5.41) is 5.03. The Kier molecular flexibility index (Phi) is 6.65. The highest BCUT2D eigenvalue weighted by atomic mass is 35.6. The molecule has 1 rings (SSSR count). The Morgan fingerprint density at radius 1 is 1.27 bits per heavy atom. The number of hydrogen-bond donors (Lipinski definition) is 2. The number of nitrogens with one attached hydrogen (secondary N) is 2. The van der Waals surface area contributed by atoms with E-state index >= 15 is 0 Å². The Labute approximate surface area is 141 Å². The third-order valence-electron chi connectivity index (χ3n) is 2.61. The summed E-state index contributed by atoms with van der Waals surface area (Å²) < 4.78 is 36.1. The molecule has 0 bridgehead atoms. The first-order chi connectivity index (χ1) is 10.0. The van der Waals surface area contributed by atoms with Gasteiger partial charge in [-0.1, -0.05) is 47.8 Å². The molecule has 0 unspecified atom stereocenters. The molecule has 3 nitrogen and oxygen atoms in total. The Balaban J connectivity index is 2.93. The molecule has 0 aromatic heterocycles. The minimum Gasteiger partial charge on any atom is -0.362 e. The lowest BCUT2D eigenvalue weighted by Gasteiger charge is -2.27. The molecule has 2 N–H and O–H groups in total. The molecule has 1 aromatic rings. The van der Waals surface area contributed by atoms with Crippen LogP contribution in [0.25, 0.3) is 0 Å². The fourth-order valence-corrected chi connectivity index (χ4v) is 1.94. The van der Waals surface area contributed by atoms with E-state index in [1.165, 1.54) is 12.1 Å². The van der Waals surface area contributed by atoms with E-state index in [1.54, 1.807) is 6.92 Å². The van der Waals surface area contributed by atoms with Gasteiger partial charge in [-0.2, -0.15) is 13.2 Å². The highest BCUT2D eigenvalue weighted by molar-refractivity contribution is 6.68. The van der Waals surface area contributed by atoms with Crippen molar-refractivity contribution < 1.29 is 18.0 Å². The van der Waals surface area contributed by atoms with E-state index in [1.807, 2.05) is 0 Å². The molecule has 0 saturated heterocycles. The molecule has 0 aliphatic rings. The maximum absolute atomic E-state index is 12.7. The zero-order chi connectivity index (χ0) is 17.0. The molecule has 0 fully saturated rings. The maximum atomic E-state index is 12.7. The third kappa shape index (κ3) is 6.10. The van der Waals surface area contributed by atoms with Crippen LogP contribution in [0.4, 0.5) is 18.9 Å². The summed E-state index contributed by atoms with van der Waals surface area (Å²) in [5.74, 6) is -0.377. The van der Waals surface area contributed by atoms with E-state index in [0.717, 1.165) is 12.1 Å². The molecule has 1 aromatic carbocycles. The van der Waals surface area contributed by atoms with Crippen LogP contribution in [0.1, 0.15) is 25.3 Å². The predicted molar refractivity (Wildman–Crippen MR) is 82.2 cm³/mol. The van der Waals surface area contributed by atoms with E-state index < -0.39 is 21.7 Å². The molecule has 124 valence electrons. The topological polar surface area (TPSA) is 41.1 Å². The van der Waals surface area contributed by atoms with Gasteiger partial charge in [0.05, 0.1) is 5.56 Å². The van der Waals surface area contributed by atoms with Crippen molar-refractivity contribution in [3.05, 3.63) is 29.8 Å². The predicted octanol–water partition coefficient (Wildman–Crippen LogP) is 4.73. The first kappa shape index (κ1) is 19.2. The van der Waals surface area contributed by atoms with Gasteiger partial charge in [-0.3, -0.25) is 4.79 Å². The molecular formula is C13H14Cl3F3N2O. The summed E-state index contributed by atoms with van der Waals surface area (Å²) >= 11 is 17.3. The van der Waals surface area contributed by atoms with E-state index in [2.05, 4.69) is 10.6 Å². The van der Waals surface area contributed by atoms with Crippen LogP contribution in [0, 0.1) is 0 Å². The largest absolute Gasteiger partial charge is 0.416 e. The molecule has 0 heterocycles. The maximum Gasteiger partial charge on any atom is 0.416 e. The van der Waals surface area contributed by atoms with Gasteiger partial charge in [0.1, 0.15) is 6.17 Å². The zero-order valence-electron chi connectivity index (χ0n) is 11.5. The summed E-state index contributed by atoms with van der Waals surface area (Å²) in [6.45, 7) is 1.80. The molecule has 0 aliphatic carbocycles. The monoisotopic (exact) mass is 376 g/mol. The Hall–Kier alpha value is -0.850. The van der Waals surface area contributed by atoms with Crippen molar-refractivity contribution in [1.82, 2.24) is 5.32 Å². The van der Waals surface area contributed by atoms with Gasteiger partial charge in [0.2, 0.25) is 9.70 Å². The molecule has 0 spiro atoms. The second-order valence-electron chi connectivity index (χ2n) is 4.52. The van der Waals surface area contributed by atoms with Crippen LogP contribution in [0.5, 0.6) is 0 Å². The third-order valence-corrected chi connectivity index (χ3v) is 3.27. The number of hydrogen-bond acceptors (Lipinski definition) is 2. The van der Waals surface area contributed by atoms with Gasteiger partial charge in [0.25, 0.3) is 0 Å². The Bertz CT molecular complexity index is 518. The first-order valence-corrected chi connectivity index (χ1v) is 7.47. The Morgan fingerprint density at radius 2 is 1.91 bits per heavy atom. The number of alkyl halides is 6. The van der Waals surface area contributed by atoms with E-state index in [9.17, 15) is 18.0 Å². The number of amides is 1. The van der Waals surface area contributed by atoms with Crippen molar-refractivity contribution in [3.63, 3.8) is 0 Å². The molecule has 1 atom stereocenters. The van der Waals surface area contributed by atoms with Gasteiger partial charge in [-0.25, -0.2) is 0 Å². The van der Waals surface area contributed by atoms with Crippen LogP contribution in [-0.2, 0) is 11.0 Å². The van der Waals surface area contributed by atoms with E-state index in [0.29, 0.717) is 6.42 Å². The summed E-state index contributed by atoms with van der Waals surface area (Å²) in [5.41, 5.74) is -0.775. The highest BCUT2D eigenvalue weighted by Gasteiger charge is 2.35. The lowest BCUT2D eigenvalue weighted by Crippen LogP contribution is -2.49. The molecule has 1 amide bonds. The second-order valence-corrected chi connectivity index (χ2v) is 6.88. The summed E-state index contributed by atoms with van der Waals surface area (Å²) in [4.78, 5) is 11.6. The fraction of sp³-hybridized carbons (Fsp3) is 0.462. The standard InChI is InChI=1S/C13H14Cl3F3N2O/c1-2-4-10(22)21-11(12(14,15)16)20-9-6-3-5-8(7-9)13(17,18)19/h3,5-7,11,20H,2,4H2,1H3,(H,21,22)/t11-/m1/s1. The average molecular weight is 378 g/mol. The Morgan fingerprint density at radius 3 is 2.41 bits per heavy atom. The van der Waals surface area contributed by atoms with Crippen LogP contribution in [0.15, 0.2) is 24.3 Å². The smallest absolute Gasteiger partial charge is 0.362 e. The molecular weight excluding hydrogens is 364 g/mol. The molecule has 9 heteroatoms. The number of rotatable bonds is 5. The van der Waals surface area contributed by atoms with E-state index in [-0.39, 0.29) is 18.0 Å². The van der Waals surface area contributed by atoms with Crippen LogP contribution < -0.4 is 10.6 Å². The van der Waals surface area contributed by atoms with Gasteiger partial charge >= 0.3 is 6.18 Å². The average Bonchev–Trinajstić information content (AvgIpc) is 2.36. The SMILES string of the molecule is CCCC(=O)N[C@@H](Nc1cccc(C(F)(F)F)c1)C(Cl)(Cl)Cl. The van der Waals surface area contributed by atoms with Gasteiger partial charge in [-0.15, -0.1) is 0 Å². The number of carbonyl (C=O) groups excluding carboxylic acids is 1. The lowest BCUT2D eigenvalue weighted by molar-refractivity contribution is -0.137. The van der Waals surface area contributed by atoms with Gasteiger partial charge in [0, 0.05) is 12.1 Å². The normalized spacial score (nSPS) is 13.6. The van der Waals surface area contributed by atoms with Gasteiger partial charge in [0.15, 0.2) is 0 Å². The van der Waals surface area contributed by atoms with Crippen LogP contribution in [0.3, 0.4) is 0 Å². The van der Waals surface area contributed by atoms with Crippen LogP contribution in [0.2, 0.25) is 0 Å². The summed E-state index contributed by atoms with van der Waals surface area (Å²) in [7, 11) is 0. The quantitative estimate of drug-likeness (QED) is 0.575. The second kappa shape index (κ2) is 7.62. The summed E-state index contributed by atoms with van der Waals surface area (Å²) in [6.07, 6.45) is -4.86. The van der Waals surface area contributed by atoms with Crippen molar-refractivity contribution >= 4 is 46.4 Å². The fourth-order valence-electron chi connectivity index (χ4n) is 1.61. The number of halogens is 6. The minimum absolute atomic E-state index is 0.0722. The van der Waals surface area contributed by atoms with E-state index in [4.69, 9.17) is 34.8 Å². The van der Waals surface area contributed by atoms with Crippen molar-refractivity contribution in [2.45, 2.75) is 35.9 Å². The molecule has 22 heavy (non-hydrogen) atoms. The molecule has 0 aliphatic heterocycles. The highest BCUT2D eigenvalue weighted by Crippen LogP contribution is 2.33. The van der Waals surface area contributed by atoms with Crippen molar-refractivity contribution in [2.75, 3.05) is 5.32 Å². The van der Waals surface area contributed by atoms with Crippen molar-refractivity contribution in [1.29, 1.82) is 0 Å². The van der Waals surface area contributed by atoms with Crippen LogP contribution >= 0.6 is 34.8 Å². The number of anilines is 1. The summed E-state index contributed by atoms with van der Waals surface area (Å²) in [6, 6.07) is 4.39. The lowest BCUT2D eigenvalue weighted by atomic mass is 10.2.